The molecule has 1 aliphatic carbocycles. The summed E-state index contributed by atoms with van der Waals surface area (Å²) in [6, 6.07) is 9.76. The Hall–Kier alpha value is -3.60. The molecule has 43 heavy (non-hydrogen) atoms. The first-order chi connectivity index (χ1) is 20.4. The fourth-order valence-electron chi connectivity index (χ4n) is 5.18. The highest BCUT2D eigenvalue weighted by Crippen LogP contribution is 2.35. The summed E-state index contributed by atoms with van der Waals surface area (Å²) in [5.74, 6) is -1.42. The van der Waals surface area contributed by atoms with Gasteiger partial charge in [0.2, 0.25) is 23.6 Å². The van der Waals surface area contributed by atoms with Crippen molar-refractivity contribution in [3.8, 4) is 0 Å². The van der Waals surface area contributed by atoms with Gasteiger partial charge in [0.05, 0.1) is 12.1 Å². The van der Waals surface area contributed by atoms with E-state index in [1.807, 2.05) is 0 Å². The van der Waals surface area contributed by atoms with Crippen LogP contribution >= 0.6 is 11.6 Å². The Labute approximate surface area is 253 Å². The SMILES string of the molecule is CN1C(=O)CCCNC(=O)CN(CCc2cccc(C(F)(F)F)c2)C(=O)[C@H](Cc2cccc(Cl)c2)NC(=O)[C@@H]1CC1CC1. The van der Waals surface area contributed by atoms with Gasteiger partial charge in [0, 0.05) is 38.0 Å². The number of likely N-dealkylation sites (N-methyl/N-ethyl adjacent to an activating group) is 1. The number of nitrogens with zero attached hydrogens (tertiary/aromatic N) is 2. The van der Waals surface area contributed by atoms with Crippen molar-refractivity contribution in [3.63, 3.8) is 0 Å². The maximum absolute atomic E-state index is 14.1. The molecule has 2 aromatic carbocycles. The van der Waals surface area contributed by atoms with Crippen molar-refractivity contribution >= 4 is 35.2 Å². The van der Waals surface area contributed by atoms with E-state index in [0.717, 1.165) is 25.0 Å². The summed E-state index contributed by atoms with van der Waals surface area (Å²) >= 11 is 6.18. The second-order valence-electron chi connectivity index (χ2n) is 11.3. The number of hydrogen-bond donors (Lipinski definition) is 2. The van der Waals surface area contributed by atoms with Crippen LogP contribution < -0.4 is 10.6 Å². The second kappa shape index (κ2) is 14.2. The molecule has 0 aromatic heterocycles. The molecular weight excluding hydrogens is 585 g/mol. The topological polar surface area (TPSA) is 98.8 Å². The zero-order valence-electron chi connectivity index (χ0n) is 24.0. The van der Waals surface area contributed by atoms with Crippen LogP contribution in [0.4, 0.5) is 13.2 Å². The summed E-state index contributed by atoms with van der Waals surface area (Å²) in [7, 11) is 1.58. The van der Waals surface area contributed by atoms with Crippen LogP contribution in [0.5, 0.6) is 0 Å². The largest absolute Gasteiger partial charge is 0.416 e. The Balaban J connectivity index is 1.64. The van der Waals surface area contributed by atoms with E-state index in [1.165, 1.54) is 21.9 Å². The Kier molecular flexibility index (Phi) is 10.7. The van der Waals surface area contributed by atoms with Crippen LogP contribution in [0.25, 0.3) is 0 Å². The quantitative estimate of drug-likeness (QED) is 0.489. The Morgan fingerprint density at radius 3 is 2.42 bits per heavy atom. The average Bonchev–Trinajstić information content (AvgIpc) is 3.78. The third-order valence-corrected chi connectivity index (χ3v) is 8.06. The highest BCUT2D eigenvalue weighted by molar-refractivity contribution is 6.30. The number of carbonyl (C=O) groups excluding carboxylic acids is 4. The molecule has 2 aliphatic rings. The van der Waals surface area contributed by atoms with Crippen LogP contribution in [-0.4, -0.2) is 72.2 Å². The highest BCUT2D eigenvalue weighted by atomic mass is 35.5. The average molecular weight is 621 g/mol. The van der Waals surface area contributed by atoms with Gasteiger partial charge in [-0.3, -0.25) is 19.2 Å². The Bertz CT molecular complexity index is 1330. The first kappa shape index (κ1) is 32.3. The predicted molar refractivity (Wildman–Crippen MR) is 155 cm³/mol. The molecule has 1 saturated heterocycles. The number of benzene rings is 2. The van der Waals surface area contributed by atoms with E-state index in [4.69, 9.17) is 11.6 Å². The lowest BCUT2D eigenvalue weighted by Gasteiger charge is -2.32. The van der Waals surface area contributed by atoms with E-state index in [2.05, 4.69) is 10.6 Å². The number of halogens is 4. The first-order valence-corrected chi connectivity index (χ1v) is 14.8. The summed E-state index contributed by atoms with van der Waals surface area (Å²) in [6.45, 7) is -0.224. The summed E-state index contributed by atoms with van der Waals surface area (Å²) in [5.41, 5.74) is 0.210. The van der Waals surface area contributed by atoms with Crippen molar-refractivity contribution in [1.29, 1.82) is 0 Å². The fraction of sp³-hybridized carbons (Fsp3) is 0.484. The molecule has 1 heterocycles. The molecular formula is C31H36ClF3N4O4. The molecule has 1 aliphatic heterocycles. The third kappa shape index (κ3) is 9.44. The van der Waals surface area contributed by atoms with E-state index in [0.29, 0.717) is 34.9 Å². The minimum absolute atomic E-state index is 0.0562. The van der Waals surface area contributed by atoms with Crippen LogP contribution in [0.15, 0.2) is 48.5 Å². The van der Waals surface area contributed by atoms with Crippen LogP contribution in [0.1, 0.15) is 48.8 Å². The molecule has 2 N–H and O–H groups in total. The Morgan fingerprint density at radius 2 is 1.72 bits per heavy atom. The van der Waals surface area contributed by atoms with Crippen molar-refractivity contribution in [1.82, 2.24) is 20.4 Å². The van der Waals surface area contributed by atoms with Gasteiger partial charge in [0.1, 0.15) is 12.1 Å². The van der Waals surface area contributed by atoms with Crippen molar-refractivity contribution in [2.45, 2.75) is 63.2 Å². The van der Waals surface area contributed by atoms with Gasteiger partial charge in [-0.25, -0.2) is 0 Å². The summed E-state index contributed by atoms with van der Waals surface area (Å²) in [6.07, 6.45) is -1.52. The molecule has 232 valence electrons. The minimum atomic E-state index is -4.52. The molecule has 0 unspecified atom stereocenters. The molecule has 1 saturated carbocycles. The van der Waals surface area contributed by atoms with E-state index < -0.39 is 41.5 Å². The normalized spacial score (nSPS) is 21.3. The van der Waals surface area contributed by atoms with E-state index >= 15 is 0 Å². The lowest BCUT2D eigenvalue weighted by Crippen LogP contribution is -2.57. The minimum Gasteiger partial charge on any atom is -0.355 e. The van der Waals surface area contributed by atoms with Crippen molar-refractivity contribution in [2.75, 3.05) is 26.7 Å². The summed E-state index contributed by atoms with van der Waals surface area (Å²) in [5, 5.41) is 6.01. The van der Waals surface area contributed by atoms with Gasteiger partial charge in [-0.05, 0) is 54.5 Å². The van der Waals surface area contributed by atoms with Gasteiger partial charge in [-0.2, -0.15) is 13.2 Å². The predicted octanol–water partition coefficient (Wildman–Crippen LogP) is 3.99. The molecule has 2 fully saturated rings. The van der Waals surface area contributed by atoms with Crippen molar-refractivity contribution in [3.05, 3.63) is 70.2 Å². The molecule has 12 heteroatoms. The number of hydrogen-bond acceptors (Lipinski definition) is 4. The van der Waals surface area contributed by atoms with E-state index in [9.17, 15) is 32.3 Å². The molecule has 0 bridgehead atoms. The van der Waals surface area contributed by atoms with Gasteiger partial charge in [-0.1, -0.05) is 54.8 Å². The monoisotopic (exact) mass is 620 g/mol. The van der Waals surface area contributed by atoms with Gasteiger partial charge < -0.3 is 20.4 Å². The highest BCUT2D eigenvalue weighted by Gasteiger charge is 2.37. The third-order valence-electron chi connectivity index (χ3n) is 7.82. The number of nitrogens with one attached hydrogen (secondary N) is 2. The lowest BCUT2D eigenvalue weighted by molar-refractivity contribution is -0.143. The molecule has 8 nitrogen and oxygen atoms in total. The zero-order chi connectivity index (χ0) is 31.1. The van der Waals surface area contributed by atoms with Gasteiger partial charge in [-0.15, -0.1) is 0 Å². The molecule has 4 rings (SSSR count). The molecule has 0 radical (unpaired) electrons. The number of carbonyl (C=O) groups is 4. The fourth-order valence-corrected chi connectivity index (χ4v) is 5.39. The van der Waals surface area contributed by atoms with Crippen molar-refractivity contribution < 1.29 is 32.3 Å². The van der Waals surface area contributed by atoms with Crippen molar-refractivity contribution in [2.24, 2.45) is 5.92 Å². The van der Waals surface area contributed by atoms with Gasteiger partial charge >= 0.3 is 6.18 Å². The summed E-state index contributed by atoms with van der Waals surface area (Å²) in [4.78, 5) is 56.2. The maximum atomic E-state index is 14.1. The first-order valence-electron chi connectivity index (χ1n) is 14.4. The smallest absolute Gasteiger partial charge is 0.355 e. The van der Waals surface area contributed by atoms with Gasteiger partial charge in [0.25, 0.3) is 0 Å². The van der Waals surface area contributed by atoms with Crippen LogP contribution in [0.3, 0.4) is 0 Å². The summed E-state index contributed by atoms with van der Waals surface area (Å²) < 4.78 is 39.9. The van der Waals surface area contributed by atoms with E-state index in [-0.39, 0.29) is 44.8 Å². The number of rotatable bonds is 7. The van der Waals surface area contributed by atoms with Crippen LogP contribution in [0.2, 0.25) is 5.02 Å². The Morgan fingerprint density at radius 1 is 1.00 bits per heavy atom. The molecule has 2 aromatic rings. The zero-order valence-corrected chi connectivity index (χ0v) is 24.7. The van der Waals surface area contributed by atoms with Gasteiger partial charge in [0.15, 0.2) is 0 Å². The molecule has 0 spiro atoms. The van der Waals surface area contributed by atoms with E-state index in [1.54, 1.807) is 31.3 Å². The maximum Gasteiger partial charge on any atom is 0.416 e. The second-order valence-corrected chi connectivity index (χ2v) is 11.7. The molecule has 4 amide bonds. The van der Waals surface area contributed by atoms with Crippen LogP contribution in [0, 0.1) is 5.92 Å². The lowest BCUT2D eigenvalue weighted by atomic mass is 10.0. The standard InChI is InChI=1S/C31H36ClF3N4O4/c1-38-26(18-21-10-11-21)29(42)37-25(17-22-6-3-8-24(32)16-22)30(43)39(19-27(40)36-13-4-9-28(38)41)14-12-20-5-2-7-23(15-20)31(33,34)35/h2-3,5-8,15-16,21,25-26H,4,9-14,17-19H2,1H3,(H,36,40)(H,37,42)/t25-,26-/m0/s1. The number of amides is 4. The van der Waals surface area contributed by atoms with Crippen LogP contribution in [-0.2, 0) is 38.2 Å². The molecule has 2 atom stereocenters. The number of alkyl halides is 3.